The monoisotopic (exact) mass is 319 g/mol. The largest absolute Gasteiger partial charge is 0.481 e. The molecule has 1 aromatic carbocycles. The quantitative estimate of drug-likeness (QED) is 0.887. The Hall–Kier alpha value is -1.54. The van der Waals surface area contributed by atoms with Crippen molar-refractivity contribution in [1.82, 2.24) is 4.72 Å². The second-order valence-corrected chi connectivity index (χ2v) is 6.78. The molecule has 1 saturated carbocycles. The first-order valence-corrected chi connectivity index (χ1v) is 7.99. The van der Waals surface area contributed by atoms with Crippen molar-refractivity contribution in [3.8, 4) is 0 Å². The zero-order chi connectivity index (χ0) is 15.6. The van der Waals surface area contributed by atoms with Gasteiger partial charge in [0.15, 0.2) is 0 Å². The van der Waals surface area contributed by atoms with Gasteiger partial charge in [-0.25, -0.2) is 21.9 Å². The lowest BCUT2D eigenvalue weighted by Gasteiger charge is -2.28. The minimum absolute atomic E-state index is 0.375. The van der Waals surface area contributed by atoms with Crippen LogP contribution < -0.4 is 4.72 Å². The summed E-state index contributed by atoms with van der Waals surface area (Å²) >= 11 is 0. The van der Waals surface area contributed by atoms with Gasteiger partial charge >= 0.3 is 5.97 Å². The van der Waals surface area contributed by atoms with Gasteiger partial charge in [-0.15, -0.1) is 0 Å². The minimum Gasteiger partial charge on any atom is -0.481 e. The number of aliphatic carboxylic acids is 1. The van der Waals surface area contributed by atoms with Gasteiger partial charge in [0.2, 0.25) is 10.0 Å². The van der Waals surface area contributed by atoms with E-state index in [0.29, 0.717) is 43.9 Å². The predicted molar refractivity (Wildman–Crippen MR) is 70.1 cm³/mol. The maximum absolute atomic E-state index is 13.1. The van der Waals surface area contributed by atoms with E-state index in [1.54, 1.807) is 0 Å². The molecule has 0 aromatic heterocycles. The molecule has 1 aliphatic rings. The molecule has 1 aromatic rings. The van der Waals surface area contributed by atoms with Gasteiger partial charge in [-0.1, -0.05) is 12.8 Å². The zero-order valence-electron chi connectivity index (χ0n) is 11.1. The highest BCUT2D eigenvalue weighted by molar-refractivity contribution is 7.89. The van der Waals surface area contributed by atoms with E-state index in [9.17, 15) is 22.0 Å². The summed E-state index contributed by atoms with van der Waals surface area (Å²) in [7, 11) is -4.16. The van der Waals surface area contributed by atoms with Crippen molar-refractivity contribution < 1.29 is 27.1 Å². The summed E-state index contributed by atoms with van der Waals surface area (Å²) in [5, 5.41) is 9.11. The molecular formula is C13H15F2NO4S. The average molecular weight is 319 g/mol. The number of hydrogen-bond donors (Lipinski definition) is 2. The van der Waals surface area contributed by atoms with Gasteiger partial charge in [0, 0.05) is 12.1 Å². The van der Waals surface area contributed by atoms with Gasteiger partial charge in [-0.3, -0.25) is 4.79 Å². The summed E-state index contributed by atoms with van der Waals surface area (Å²) in [6, 6.07) is 1.20. The first-order valence-electron chi connectivity index (χ1n) is 6.51. The lowest BCUT2D eigenvalue weighted by Crippen LogP contribution is -2.45. The average Bonchev–Trinajstić information content (AvgIpc) is 2.37. The van der Waals surface area contributed by atoms with Gasteiger partial charge < -0.3 is 5.11 Å². The van der Waals surface area contributed by atoms with Crippen molar-refractivity contribution in [3.05, 3.63) is 29.8 Å². The zero-order valence-corrected chi connectivity index (χ0v) is 11.9. The first kappa shape index (κ1) is 15.8. The Labute approximate surface area is 121 Å². The fourth-order valence-corrected chi connectivity index (χ4v) is 3.87. The fraction of sp³-hybridized carbons (Fsp3) is 0.462. The van der Waals surface area contributed by atoms with Crippen molar-refractivity contribution in [2.24, 2.45) is 5.92 Å². The first-order chi connectivity index (χ1) is 9.79. The highest BCUT2D eigenvalue weighted by atomic mass is 32.2. The van der Waals surface area contributed by atoms with Crippen molar-refractivity contribution in [1.29, 1.82) is 0 Å². The van der Waals surface area contributed by atoms with Crippen LogP contribution in [-0.2, 0) is 14.8 Å². The van der Waals surface area contributed by atoms with Crippen LogP contribution in [0.15, 0.2) is 23.1 Å². The van der Waals surface area contributed by atoms with Crippen LogP contribution in [0.2, 0.25) is 0 Å². The number of nitrogens with one attached hydrogen (secondary N) is 1. The maximum atomic E-state index is 13.1. The van der Waals surface area contributed by atoms with Crippen LogP contribution in [0.3, 0.4) is 0 Å². The van der Waals surface area contributed by atoms with Gasteiger partial charge in [-0.2, -0.15) is 0 Å². The number of carboxylic acid groups (broad SMARTS) is 1. The molecule has 21 heavy (non-hydrogen) atoms. The van der Waals surface area contributed by atoms with Crippen LogP contribution in [0.25, 0.3) is 0 Å². The normalized spacial score (nSPS) is 23.0. The summed E-state index contributed by atoms with van der Waals surface area (Å²) in [4.78, 5) is 10.6. The molecule has 0 heterocycles. The highest BCUT2D eigenvalue weighted by Crippen LogP contribution is 2.26. The molecule has 116 valence electrons. The molecule has 0 radical (unpaired) electrons. The Morgan fingerprint density at radius 2 is 1.71 bits per heavy atom. The second kappa shape index (κ2) is 6.07. The molecule has 0 aliphatic heterocycles. The number of hydrogen-bond acceptors (Lipinski definition) is 3. The molecule has 8 heteroatoms. The van der Waals surface area contributed by atoms with E-state index < -0.39 is 44.5 Å². The predicted octanol–water partition coefficient (Wildman–Crippen LogP) is 1.89. The summed E-state index contributed by atoms with van der Waals surface area (Å²) < 4.78 is 52.8. The molecule has 1 aliphatic carbocycles. The van der Waals surface area contributed by atoms with Crippen molar-refractivity contribution in [2.75, 3.05) is 0 Å². The Kier molecular flexibility index (Phi) is 4.58. The van der Waals surface area contributed by atoms with Gasteiger partial charge in [-0.05, 0) is 25.0 Å². The number of carboxylic acids is 1. The Morgan fingerprint density at radius 1 is 1.14 bits per heavy atom. The molecule has 2 atom stereocenters. The van der Waals surface area contributed by atoms with E-state index in [1.165, 1.54) is 0 Å². The van der Waals surface area contributed by atoms with Gasteiger partial charge in [0.1, 0.15) is 11.6 Å². The Bertz CT molecular complexity index is 627. The molecule has 2 unspecified atom stereocenters. The lowest BCUT2D eigenvalue weighted by molar-refractivity contribution is -0.143. The molecule has 0 saturated heterocycles. The molecule has 2 N–H and O–H groups in total. The molecule has 0 bridgehead atoms. The number of rotatable bonds is 4. The molecule has 0 amide bonds. The number of benzene rings is 1. The lowest BCUT2D eigenvalue weighted by atomic mass is 9.85. The summed E-state index contributed by atoms with van der Waals surface area (Å²) in [6.07, 6.45) is 2.17. The number of halogens is 2. The van der Waals surface area contributed by atoms with Crippen LogP contribution in [0.4, 0.5) is 8.78 Å². The minimum atomic E-state index is -4.16. The summed E-state index contributed by atoms with van der Waals surface area (Å²) in [6.45, 7) is 0. The third-order valence-electron chi connectivity index (χ3n) is 3.54. The van der Waals surface area contributed by atoms with E-state index >= 15 is 0 Å². The van der Waals surface area contributed by atoms with Crippen LogP contribution in [0.1, 0.15) is 25.7 Å². The topological polar surface area (TPSA) is 83.5 Å². The third kappa shape index (κ3) is 3.76. The summed E-state index contributed by atoms with van der Waals surface area (Å²) in [5.41, 5.74) is 0. The smallest absolute Gasteiger partial charge is 0.308 e. The standard InChI is InChI=1S/C13H15F2NO4S/c14-8-5-9(15)7-10(6-8)21(19,20)16-12-4-2-1-3-11(12)13(17)18/h5-7,11-12,16H,1-4H2,(H,17,18). The van der Waals surface area contributed by atoms with Crippen molar-refractivity contribution in [2.45, 2.75) is 36.6 Å². The number of sulfonamides is 1. The van der Waals surface area contributed by atoms with E-state index in [-0.39, 0.29) is 0 Å². The maximum Gasteiger partial charge on any atom is 0.308 e. The third-order valence-corrected chi connectivity index (χ3v) is 5.01. The molecule has 5 nitrogen and oxygen atoms in total. The molecule has 2 rings (SSSR count). The van der Waals surface area contributed by atoms with Crippen LogP contribution in [0.5, 0.6) is 0 Å². The van der Waals surface area contributed by atoms with E-state index in [0.717, 1.165) is 0 Å². The fourth-order valence-electron chi connectivity index (χ4n) is 2.52. The SMILES string of the molecule is O=C(O)C1CCCCC1NS(=O)(=O)c1cc(F)cc(F)c1. The van der Waals surface area contributed by atoms with E-state index in [2.05, 4.69) is 4.72 Å². The number of carbonyl (C=O) groups is 1. The molecule has 1 fully saturated rings. The van der Waals surface area contributed by atoms with Crippen molar-refractivity contribution >= 4 is 16.0 Å². The summed E-state index contributed by atoms with van der Waals surface area (Å²) in [5.74, 6) is -3.91. The van der Waals surface area contributed by atoms with E-state index in [4.69, 9.17) is 5.11 Å². The molecule has 0 spiro atoms. The molecular weight excluding hydrogens is 304 g/mol. The van der Waals surface area contributed by atoms with Crippen LogP contribution >= 0.6 is 0 Å². The highest BCUT2D eigenvalue weighted by Gasteiger charge is 2.34. The Morgan fingerprint density at radius 3 is 2.29 bits per heavy atom. The Balaban J connectivity index is 2.25. The van der Waals surface area contributed by atoms with Gasteiger partial charge in [0.25, 0.3) is 0 Å². The van der Waals surface area contributed by atoms with Crippen LogP contribution in [-0.4, -0.2) is 25.5 Å². The van der Waals surface area contributed by atoms with E-state index in [1.807, 2.05) is 0 Å². The van der Waals surface area contributed by atoms with Crippen LogP contribution in [0, 0.1) is 17.6 Å². The van der Waals surface area contributed by atoms with Gasteiger partial charge in [0.05, 0.1) is 10.8 Å². The van der Waals surface area contributed by atoms with Crippen molar-refractivity contribution in [3.63, 3.8) is 0 Å². The second-order valence-electron chi connectivity index (χ2n) is 5.06.